The minimum absolute atomic E-state index is 0.409. The molecule has 29 heavy (non-hydrogen) atoms. The number of aromatic nitrogens is 2. The molecule has 0 aliphatic heterocycles. The van der Waals surface area contributed by atoms with Crippen molar-refractivity contribution in [2.45, 2.75) is 38.1 Å². The summed E-state index contributed by atoms with van der Waals surface area (Å²) in [6, 6.07) is 4.44. The summed E-state index contributed by atoms with van der Waals surface area (Å²) in [4.78, 5) is 30.0. The largest absolute Gasteiger partial charge is 0.416 e. The molecule has 1 aromatic carbocycles. The number of amides is 1. The Morgan fingerprint density at radius 3 is 2.14 bits per heavy atom. The molecular formula is C18H20F3N3O4S. The van der Waals surface area contributed by atoms with E-state index in [0.29, 0.717) is 5.56 Å². The van der Waals surface area contributed by atoms with E-state index in [1.807, 2.05) is 4.98 Å². The molecule has 0 saturated carbocycles. The Labute approximate surface area is 165 Å². The van der Waals surface area contributed by atoms with Crippen LogP contribution in [0, 0.1) is 5.41 Å². The monoisotopic (exact) mass is 431 g/mol. The topological polar surface area (TPSA) is 109 Å². The molecule has 1 aromatic heterocycles. The Morgan fingerprint density at radius 2 is 1.69 bits per heavy atom. The second-order valence-electron chi connectivity index (χ2n) is 7.60. The van der Waals surface area contributed by atoms with Gasteiger partial charge in [0.15, 0.2) is 0 Å². The zero-order valence-electron chi connectivity index (χ0n) is 16.1. The third-order valence-corrected chi connectivity index (χ3v) is 4.91. The first kappa shape index (κ1) is 22.6. The fourth-order valence-corrected chi connectivity index (χ4v) is 3.15. The lowest BCUT2D eigenvalue weighted by molar-refractivity contribution is -0.137. The number of nitrogens with zero attached hydrogens (tertiary/aromatic N) is 1. The lowest BCUT2D eigenvalue weighted by atomic mass is 9.82. The van der Waals surface area contributed by atoms with Crippen molar-refractivity contribution in [2.75, 3.05) is 6.26 Å². The van der Waals surface area contributed by atoms with Gasteiger partial charge in [-0.2, -0.15) is 13.2 Å². The molecule has 0 radical (unpaired) electrons. The first-order valence-electron chi connectivity index (χ1n) is 8.38. The van der Waals surface area contributed by atoms with Crippen LogP contribution in [0.3, 0.4) is 0 Å². The van der Waals surface area contributed by atoms with Crippen LogP contribution in [-0.2, 0) is 16.0 Å². The summed E-state index contributed by atoms with van der Waals surface area (Å²) in [5.41, 5.74) is -2.28. The van der Waals surface area contributed by atoms with E-state index in [1.165, 1.54) is 12.1 Å². The van der Waals surface area contributed by atoms with Crippen LogP contribution in [0.2, 0.25) is 0 Å². The van der Waals surface area contributed by atoms with Crippen LogP contribution >= 0.6 is 0 Å². The number of alkyl halides is 3. The van der Waals surface area contributed by atoms with Gasteiger partial charge in [0.2, 0.25) is 15.0 Å². The summed E-state index contributed by atoms with van der Waals surface area (Å²) in [7, 11) is -3.86. The number of nitrogens with one attached hydrogen (secondary N) is 2. The smallest absolute Gasteiger partial charge is 0.343 e. The number of halogens is 3. The molecule has 158 valence electrons. The highest BCUT2D eigenvalue weighted by molar-refractivity contribution is 7.90. The van der Waals surface area contributed by atoms with Gasteiger partial charge in [-0.1, -0.05) is 32.9 Å². The molecule has 0 aliphatic rings. The summed E-state index contributed by atoms with van der Waals surface area (Å²) >= 11 is 0. The summed E-state index contributed by atoms with van der Waals surface area (Å²) < 4.78 is 61.6. The molecule has 0 fully saturated rings. The maximum absolute atomic E-state index is 12.8. The number of rotatable bonds is 4. The molecule has 2 aromatic rings. The van der Waals surface area contributed by atoms with Crippen LogP contribution < -0.4 is 10.9 Å². The van der Waals surface area contributed by atoms with E-state index < -0.39 is 55.4 Å². The number of carbonyl (C=O) groups excluding carboxylic acids is 1. The Kier molecular flexibility index (Phi) is 5.94. The van der Waals surface area contributed by atoms with Crippen molar-refractivity contribution < 1.29 is 26.4 Å². The molecule has 2 rings (SSSR count). The molecule has 0 bridgehead atoms. The molecule has 7 nitrogen and oxygen atoms in total. The Balaban J connectivity index is 2.41. The summed E-state index contributed by atoms with van der Waals surface area (Å²) in [5, 5.41) is 1.97. The predicted molar refractivity (Wildman–Crippen MR) is 99.1 cm³/mol. The van der Waals surface area contributed by atoms with Gasteiger partial charge in [0.1, 0.15) is 5.69 Å². The summed E-state index contributed by atoms with van der Waals surface area (Å²) in [6.45, 7) is 5.30. The fourth-order valence-electron chi connectivity index (χ4n) is 2.60. The lowest BCUT2D eigenvalue weighted by Gasteiger charge is -2.32. The standard InChI is InChI=1S/C18H20F3N3O4S/c1-17(2,3)14(10-5-7-11(8-6-10)18(19,20)21)24-15(26)12-9-13(25)23-16(22-12)29(4,27)28/h5-9,14H,1-4H3,(H,24,26)(H,22,23,25)/t14-/m0/s1. The molecule has 1 atom stereocenters. The summed E-state index contributed by atoms with van der Waals surface area (Å²) in [5.74, 6) is -0.833. The minimum atomic E-state index is -4.49. The van der Waals surface area contributed by atoms with E-state index in [4.69, 9.17) is 0 Å². The van der Waals surface area contributed by atoms with E-state index in [1.54, 1.807) is 20.8 Å². The zero-order valence-corrected chi connectivity index (χ0v) is 16.9. The van der Waals surface area contributed by atoms with Gasteiger partial charge in [-0.3, -0.25) is 14.6 Å². The van der Waals surface area contributed by atoms with Crippen LogP contribution in [0.5, 0.6) is 0 Å². The number of benzene rings is 1. The molecule has 0 spiro atoms. The Hall–Kier alpha value is -2.69. The minimum Gasteiger partial charge on any atom is -0.343 e. The highest BCUT2D eigenvalue weighted by atomic mass is 32.2. The summed E-state index contributed by atoms with van der Waals surface area (Å²) in [6.07, 6.45) is -3.66. The molecular weight excluding hydrogens is 411 g/mol. The third kappa shape index (κ3) is 5.66. The Bertz CT molecular complexity index is 1070. The van der Waals surface area contributed by atoms with Crippen molar-refractivity contribution in [1.82, 2.24) is 15.3 Å². The number of H-pyrrole nitrogens is 1. The molecule has 1 amide bonds. The SMILES string of the molecule is CC(C)(C)[C@@H](NC(=O)c1cc(=O)[nH]c(S(C)(=O)=O)n1)c1ccc(C(F)(F)F)cc1. The van der Waals surface area contributed by atoms with Crippen molar-refractivity contribution in [3.63, 3.8) is 0 Å². The third-order valence-electron chi connectivity index (χ3n) is 4.02. The van der Waals surface area contributed by atoms with Crippen molar-refractivity contribution in [3.05, 3.63) is 57.5 Å². The van der Waals surface area contributed by atoms with Gasteiger partial charge in [-0.05, 0) is 23.1 Å². The maximum Gasteiger partial charge on any atom is 0.416 e. The average molecular weight is 431 g/mol. The lowest BCUT2D eigenvalue weighted by Crippen LogP contribution is -2.37. The number of carbonyl (C=O) groups is 1. The van der Waals surface area contributed by atoms with Crippen LogP contribution in [0.4, 0.5) is 13.2 Å². The maximum atomic E-state index is 12.8. The van der Waals surface area contributed by atoms with Crippen LogP contribution in [0.25, 0.3) is 0 Å². The van der Waals surface area contributed by atoms with E-state index in [2.05, 4.69) is 10.3 Å². The van der Waals surface area contributed by atoms with Gasteiger partial charge in [-0.25, -0.2) is 13.4 Å². The van der Waals surface area contributed by atoms with E-state index in [9.17, 15) is 31.2 Å². The van der Waals surface area contributed by atoms with Gasteiger partial charge in [0, 0.05) is 12.3 Å². The van der Waals surface area contributed by atoms with Crippen LogP contribution in [0.15, 0.2) is 40.3 Å². The second kappa shape index (κ2) is 7.62. The van der Waals surface area contributed by atoms with Gasteiger partial charge in [0.05, 0.1) is 11.6 Å². The van der Waals surface area contributed by atoms with Crippen LogP contribution in [-0.4, -0.2) is 30.5 Å². The first-order chi connectivity index (χ1) is 13.1. The van der Waals surface area contributed by atoms with E-state index >= 15 is 0 Å². The van der Waals surface area contributed by atoms with Crippen molar-refractivity contribution in [2.24, 2.45) is 5.41 Å². The first-order valence-corrected chi connectivity index (χ1v) is 10.3. The van der Waals surface area contributed by atoms with Gasteiger partial charge in [0.25, 0.3) is 11.5 Å². The molecule has 2 N–H and O–H groups in total. The number of sulfone groups is 1. The molecule has 0 aliphatic carbocycles. The van der Waals surface area contributed by atoms with Gasteiger partial charge in [-0.15, -0.1) is 0 Å². The van der Waals surface area contributed by atoms with Crippen molar-refractivity contribution in [1.29, 1.82) is 0 Å². The van der Waals surface area contributed by atoms with E-state index in [0.717, 1.165) is 24.5 Å². The number of aromatic amines is 1. The Morgan fingerprint density at radius 1 is 1.14 bits per heavy atom. The highest BCUT2D eigenvalue weighted by Gasteiger charge is 2.32. The quantitative estimate of drug-likeness (QED) is 0.724. The zero-order chi connectivity index (χ0) is 22.2. The van der Waals surface area contributed by atoms with Crippen molar-refractivity contribution in [3.8, 4) is 0 Å². The van der Waals surface area contributed by atoms with Gasteiger partial charge < -0.3 is 5.32 Å². The molecule has 1 heterocycles. The number of hydrogen-bond donors (Lipinski definition) is 2. The number of hydrogen-bond acceptors (Lipinski definition) is 5. The van der Waals surface area contributed by atoms with Gasteiger partial charge >= 0.3 is 6.18 Å². The average Bonchev–Trinajstić information content (AvgIpc) is 2.56. The van der Waals surface area contributed by atoms with E-state index in [-0.39, 0.29) is 0 Å². The predicted octanol–water partition coefficient (Wildman–Crippen LogP) is 2.71. The fraction of sp³-hybridized carbons (Fsp3) is 0.389. The molecule has 0 unspecified atom stereocenters. The van der Waals surface area contributed by atoms with Crippen molar-refractivity contribution >= 4 is 15.7 Å². The molecule has 11 heteroatoms. The highest BCUT2D eigenvalue weighted by Crippen LogP contribution is 2.35. The molecule has 0 saturated heterocycles. The van der Waals surface area contributed by atoms with Crippen LogP contribution in [0.1, 0.15) is 48.4 Å². The second-order valence-corrected chi connectivity index (χ2v) is 9.53. The normalized spacial score (nSPS) is 13.8.